The third kappa shape index (κ3) is 3.72. The lowest BCUT2D eigenvalue weighted by Crippen LogP contribution is -2.37. The van der Waals surface area contributed by atoms with Crippen LogP contribution in [0.25, 0.3) is 5.69 Å². The van der Waals surface area contributed by atoms with Gasteiger partial charge in [0.1, 0.15) is 5.75 Å². The Labute approximate surface area is 191 Å². The first-order valence-electron chi connectivity index (χ1n) is 10.4. The van der Waals surface area contributed by atoms with E-state index in [1.54, 1.807) is 13.2 Å². The maximum absolute atomic E-state index is 13.7. The highest BCUT2D eigenvalue weighted by molar-refractivity contribution is 6.30. The number of amides is 2. The number of carbonyl (C=O) groups excluding carboxylic acids is 1. The number of carbonyl (C=O) groups is 1. The van der Waals surface area contributed by atoms with Gasteiger partial charge in [0.2, 0.25) is 0 Å². The van der Waals surface area contributed by atoms with E-state index in [2.05, 4.69) is 28.1 Å². The largest absolute Gasteiger partial charge is 0.497 e. The number of urea groups is 1. The molecule has 160 valence electrons. The van der Waals surface area contributed by atoms with Crippen molar-refractivity contribution in [1.29, 1.82) is 0 Å². The van der Waals surface area contributed by atoms with E-state index in [0.29, 0.717) is 23.0 Å². The molecule has 3 aromatic carbocycles. The molecule has 6 heteroatoms. The Bertz CT molecular complexity index is 1280. The molecule has 1 atom stereocenters. The Morgan fingerprint density at radius 1 is 1.00 bits per heavy atom. The van der Waals surface area contributed by atoms with Crippen molar-refractivity contribution in [3.05, 3.63) is 113 Å². The van der Waals surface area contributed by atoms with Crippen molar-refractivity contribution in [1.82, 2.24) is 9.47 Å². The third-order valence-corrected chi connectivity index (χ3v) is 5.95. The van der Waals surface area contributed by atoms with Gasteiger partial charge in [-0.3, -0.25) is 0 Å². The SMILES string of the molecule is COc1cccc(NC(=O)N2Cc3ccccc3-n3cccc3[C@@H]2c2cccc(Cl)c2)c1. The van der Waals surface area contributed by atoms with Crippen molar-refractivity contribution < 1.29 is 9.53 Å². The van der Waals surface area contributed by atoms with E-state index >= 15 is 0 Å². The number of hydrogen-bond donors (Lipinski definition) is 1. The van der Waals surface area contributed by atoms with Crippen molar-refractivity contribution in [2.45, 2.75) is 12.6 Å². The number of benzene rings is 3. The van der Waals surface area contributed by atoms with Crippen LogP contribution in [0.1, 0.15) is 22.9 Å². The second kappa shape index (κ2) is 8.44. The summed E-state index contributed by atoms with van der Waals surface area (Å²) >= 11 is 6.35. The minimum atomic E-state index is -0.318. The van der Waals surface area contributed by atoms with Crippen molar-refractivity contribution in [2.75, 3.05) is 12.4 Å². The van der Waals surface area contributed by atoms with Gasteiger partial charge in [0.05, 0.1) is 25.4 Å². The van der Waals surface area contributed by atoms with E-state index < -0.39 is 0 Å². The van der Waals surface area contributed by atoms with Crippen molar-refractivity contribution in [3.8, 4) is 11.4 Å². The fourth-order valence-corrected chi connectivity index (χ4v) is 4.46. The monoisotopic (exact) mass is 443 g/mol. The molecule has 1 aliphatic rings. The molecule has 32 heavy (non-hydrogen) atoms. The first kappa shape index (κ1) is 20.2. The highest BCUT2D eigenvalue weighted by Crippen LogP contribution is 2.37. The number of ether oxygens (including phenoxy) is 1. The number of nitrogens with one attached hydrogen (secondary N) is 1. The molecule has 0 saturated carbocycles. The van der Waals surface area contributed by atoms with Crippen molar-refractivity contribution >= 4 is 23.3 Å². The lowest BCUT2D eigenvalue weighted by Gasteiger charge is -2.31. The molecule has 0 bridgehead atoms. The highest BCUT2D eigenvalue weighted by atomic mass is 35.5. The number of halogens is 1. The van der Waals surface area contributed by atoms with Gasteiger partial charge in [-0.1, -0.05) is 48.0 Å². The maximum atomic E-state index is 13.7. The Morgan fingerprint density at radius 2 is 1.84 bits per heavy atom. The lowest BCUT2D eigenvalue weighted by atomic mass is 10.0. The average Bonchev–Trinajstić information content (AvgIpc) is 3.23. The van der Waals surface area contributed by atoms with Crippen LogP contribution in [0.4, 0.5) is 10.5 Å². The van der Waals surface area contributed by atoms with E-state index in [-0.39, 0.29) is 12.1 Å². The van der Waals surface area contributed by atoms with Gasteiger partial charge in [0.25, 0.3) is 0 Å². The van der Waals surface area contributed by atoms with Crippen LogP contribution in [0.5, 0.6) is 5.75 Å². The minimum Gasteiger partial charge on any atom is -0.497 e. The topological polar surface area (TPSA) is 46.5 Å². The highest BCUT2D eigenvalue weighted by Gasteiger charge is 2.33. The van der Waals surface area contributed by atoms with Gasteiger partial charge in [-0.05, 0) is 53.6 Å². The summed E-state index contributed by atoms with van der Waals surface area (Å²) in [7, 11) is 1.61. The molecule has 1 aliphatic heterocycles. The van der Waals surface area contributed by atoms with Crippen LogP contribution >= 0.6 is 11.6 Å². The molecule has 2 amide bonds. The zero-order valence-corrected chi connectivity index (χ0v) is 18.3. The molecule has 0 fully saturated rings. The first-order chi connectivity index (χ1) is 15.6. The molecule has 5 rings (SSSR count). The molecule has 0 spiro atoms. The lowest BCUT2D eigenvalue weighted by molar-refractivity contribution is 0.194. The number of fused-ring (bicyclic) bond motifs is 3. The number of anilines is 1. The molecule has 0 unspecified atom stereocenters. The van der Waals surface area contributed by atoms with Gasteiger partial charge in [-0.15, -0.1) is 0 Å². The summed E-state index contributed by atoms with van der Waals surface area (Å²) < 4.78 is 7.46. The molecular formula is C26H22ClN3O2. The Hall–Kier alpha value is -3.70. The second-order valence-corrected chi connectivity index (χ2v) is 8.12. The van der Waals surface area contributed by atoms with Gasteiger partial charge in [-0.2, -0.15) is 0 Å². The van der Waals surface area contributed by atoms with Crippen LogP contribution in [0.3, 0.4) is 0 Å². The van der Waals surface area contributed by atoms with Crippen LogP contribution in [-0.2, 0) is 6.54 Å². The Kier molecular flexibility index (Phi) is 5.33. The van der Waals surface area contributed by atoms with Crippen molar-refractivity contribution in [2.24, 2.45) is 0 Å². The normalized spacial score (nSPS) is 14.8. The molecule has 4 aromatic rings. The molecule has 0 radical (unpaired) electrons. The summed E-state index contributed by atoms with van der Waals surface area (Å²) in [6.45, 7) is 0.449. The summed E-state index contributed by atoms with van der Waals surface area (Å²) in [5.41, 5.74) is 4.75. The van der Waals surface area contributed by atoms with E-state index in [1.807, 2.05) is 71.8 Å². The number of methoxy groups -OCH3 is 1. The standard InChI is InChI=1S/C26H22ClN3O2/c1-32-22-11-5-10-21(16-22)28-26(31)30-17-19-7-2-3-12-23(19)29-14-6-13-24(29)25(30)18-8-4-9-20(27)15-18/h2-16,25H,17H2,1H3,(H,28,31)/t25-/m0/s1. The van der Waals surface area contributed by atoms with E-state index in [1.165, 1.54) is 0 Å². The second-order valence-electron chi connectivity index (χ2n) is 7.68. The van der Waals surface area contributed by atoms with Gasteiger partial charge in [0, 0.05) is 28.7 Å². The van der Waals surface area contributed by atoms with Gasteiger partial charge >= 0.3 is 6.03 Å². The fraction of sp³-hybridized carbons (Fsp3) is 0.115. The summed E-state index contributed by atoms with van der Waals surface area (Å²) in [5, 5.41) is 3.68. The van der Waals surface area contributed by atoms with Gasteiger partial charge in [0.15, 0.2) is 0 Å². The van der Waals surface area contributed by atoms with Gasteiger partial charge < -0.3 is 19.5 Å². The minimum absolute atomic E-state index is 0.201. The number of nitrogens with zero attached hydrogens (tertiary/aromatic N) is 2. The predicted molar refractivity (Wildman–Crippen MR) is 127 cm³/mol. The van der Waals surface area contributed by atoms with E-state index in [9.17, 15) is 4.79 Å². The summed E-state index contributed by atoms with van der Waals surface area (Å²) in [4.78, 5) is 15.5. The molecular weight excluding hydrogens is 422 g/mol. The van der Waals surface area contributed by atoms with Crippen LogP contribution in [0.15, 0.2) is 91.1 Å². The maximum Gasteiger partial charge on any atom is 0.322 e. The molecule has 1 aromatic heterocycles. The zero-order valence-electron chi connectivity index (χ0n) is 17.5. The average molecular weight is 444 g/mol. The van der Waals surface area contributed by atoms with Crippen LogP contribution in [0, 0.1) is 0 Å². The Balaban J connectivity index is 1.62. The molecule has 0 aliphatic carbocycles. The number of rotatable bonds is 3. The Morgan fingerprint density at radius 3 is 2.69 bits per heavy atom. The number of hydrogen-bond acceptors (Lipinski definition) is 2. The quantitative estimate of drug-likeness (QED) is 0.405. The van der Waals surface area contributed by atoms with E-state index in [4.69, 9.17) is 16.3 Å². The summed E-state index contributed by atoms with van der Waals surface area (Å²) in [6, 6.07) is 26.8. The van der Waals surface area contributed by atoms with Crippen molar-refractivity contribution in [3.63, 3.8) is 0 Å². The summed E-state index contributed by atoms with van der Waals surface area (Å²) in [5.74, 6) is 0.685. The molecule has 0 saturated heterocycles. The predicted octanol–water partition coefficient (Wildman–Crippen LogP) is 6.28. The van der Waals surface area contributed by atoms with Gasteiger partial charge in [-0.25, -0.2) is 4.79 Å². The number of para-hydroxylation sites is 1. The first-order valence-corrected chi connectivity index (χ1v) is 10.7. The van der Waals surface area contributed by atoms with Crippen LogP contribution in [-0.4, -0.2) is 22.6 Å². The molecule has 1 N–H and O–H groups in total. The molecule has 2 heterocycles. The zero-order chi connectivity index (χ0) is 22.1. The van der Waals surface area contributed by atoms with E-state index in [0.717, 1.165) is 22.5 Å². The van der Waals surface area contributed by atoms with Crippen LogP contribution < -0.4 is 10.1 Å². The summed E-state index contributed by atoms with van der Waals surface area (Å²) in [6.07, 6.45) is 2.04. The third-order valence-electron chi connectivity index (χ3n) is 5.71. The smallest absolute Gasteiger partial charge is 0.322 e. The fourth-order valence-electron chi connectivity index (χ4n) is 4.26. The number of aromatic nitrogens is 1. The molecule has 5 nitrogen and oxygen atoms in total. The van der Waals surface area contributed by atoms with Crippen LogP contribution in [0.2, 0.25) is 5.02 Å².